The first-order valence-corrected chi connectivity index (χ1v) is 10.7. The van der Waals surface area contributed by atoms with Gasteiger partial charge in [0.2, 0.25) is 0 Å². The van der Waals surface area contributed by atoms with E-state index in [-0.39, 0.29) is 6.42 Å². The van der Waals surface area contributed by atoms with Gasteiger partial charge in [0.25, 0.3) is 0 Å². The highest BCUT2D eigenvalue weighted by Crippen LogP contribution is 2.29. The predicted molar refractivity (Wildman–Crippen MR) is 123 cm³/mol. The van der Waals surface area contributed by atoms with Gasteiger partial charge in [0.15, 0.2) is 0 Å². The van der Waals surface area contributed by atoms with Gasteiger partial charge in [0.1, 0.15) is 17.2 Å². The van der Waals surface area contributed by atoms with Crippen LogP contribution in [0.4, 0.5) is 5.69 Å². The summed E-state index contributed by atoms with van der Waals surface area (Å²) in [6.45, 7) is 3.54. The predicted octanol–water partition coefficient (Wildman–Crippen LogP) is 5.94. The van der Waals surface area contributed by atoms with Crippen molar-refractivity contribution in [3.8, 4) is 17.2 Å². The van der Waals surface area contributed by atoms with E-state index in [4.69, 9.17) is 14.6 Å². The Bertz CT molecular complexity index is 955. The van der Waals surface area contributed by atoms with Crippen molar-refractivity contribution in [3.05, 3.63) is 83.9 Å². The first kappa shape index (κ1) is 22.2. The summed E-state index contributed by atoms with van der Waals surface area (Å²) in [6.07, 6.45) is 2.86. The maximum absolute atomic E-state index is 10.7. The second-order valence-electron chi connectivity index (χ2n) is 7.33. The van der Waals surface area contributed by atoms with Crippen LogP contribution in [-0.2, 0) is 17.6 Å². The molecule has 0 aliphatic carbocycles. The van der Waals surface area contributed by atoms with Crippen molar-refractivity contribution in [2.45, 2.75) is 32.6 Å². The maximum Gasteiger partial charge on any atom is 0.307 e. The van der Waals surface area contributed by atoms with Crippen LogP contribution in [0.3, 0.4) is 0 Å². The second-order valence-corrected chi connectivity index (χ2v) is 7.33. The normalized spacial score (nSPS) is 10.5. The first-order chi connectivity index (χ1) is 15.1. The molecular weight excluding hydrogens is 390 g/mol. The molecule has 0 fully saturated rings. The van der Waals surface area contributed by atoms with Crippen molar-refractivity contribution < 1.29 is 19.4 Å². The fourth-order valence-electron chi connectivity index (χ4n) is 3.25. The van der Waals surface area contributed by atoms with E-state index < -0.39 is 5.97 Å². The molecule has 2 N–H and O–H groups in total. The van der Waals surface area contributed by atoms with Crippen LogP contribution in [0.1, 0.15) is 30.9 Å². The van der Waals surface area contributed by atoms with E-state index >= 15 is 0 Å². The number of hydrogen-bond acceptors (Lipinski definition) is 4. The lowest BCUT2D eigenvalue weighted by atomic mass is 10.1. The third-order valence-corrected chi connectivity index (χ3v) is 4.75. The number of aliphatic carboxylic acids is 1. The molecule has 3 rings (SSSR count). The zero-order chi connectivity index (χ0) is 21.9. The Balaban J connectivity index is 1.47. The standard InChI is InChI=1S/C26H29NO4/c1-2-7-21-19-24(31-23-8-4-3-5-9-23)14-15-25(21)30-17-6-16-27-22-12-10-20(11-13-22)18-26(28)29/h3-5,8-15,19,27H,2,6-7,16-18H2,1H3,(H,28,29). The summed E-state index contributed by atoms with van der Waals surface area (Å²) >= 11 is 0. The van der Waals surface area contributed by atoms with Gasteiger partial charge in [-0.2, -0.15) is 0 Å². The van der Waals surface area contributed by atoms with Gasteiger partial charge in [-0.25, -0.2) is 0 Å². The van der Waals surface area contributed by atoms with Crippen molar-refractivity contribution >= 4 is 11.7 Å². The van der Waals surface area contributed by atoms with Crippen molar-refractivity contribution in [1.82, 2.24) is 0 Å². The lowest BCUT2D eigenvalue weighted by molar-refractivity contribution is -0.136. The summed E-state index contributed by atoms with van der Waals surface area (Å²) < 4.78 is 12.0. The Hall–Kier alpha value is -3.47. The molecule has 0 heterocycles. The van der Waals surface area contributed by atoms with Gasteiger partial charge in [-0.3, -0.25) is 4.79 Å². The molecule has 0 aliphatic rings. The summed E-state index contributed by atoms with van der Waals surface area (Å²) in [7, 11) is 0. The number of anilines is 1. The molecule has 162 valence electrons. The van der Waals surface area contributed by atoms with Crippen molar-refractivity contribution in [2.24, 2.45) is 0 Å². The van der Waals surface area contributed by atoms with Crippen LogP contribution in [0.2, 0.25) is 0 Å². The Kier molecular flexibility index (Phi) is 8.35. The highest BCUT2D eigenvalue weighted by molar-refractivity contribution is 5.70. The van der Waals surface area contributed by atoms with Gasteiger partial charge in [0, 0.05) is 12.2 Å². The monoisotopic (exact) mass is 419 g/mol. The molecule has 0 unspecified atom stereocenters. The topological polar surface area (TPSA) is 67.8 Å². The van der Waals surface area contributed by atoms with Crippen LogP contribution in [0, 0.1) is 0 Å². The van der Waals surface area contributed by atoms with E-state index in [0.717, 1.165) is 59.9 Å². The number of nitrogens with one attached hydrogen (secondary N) is 1. The number of rotatable bonds is 12. The minimum Gasteiger partial charge on any atom is -0.493 e. The number of aryl methyl sites for hydroxylation is 1. The molecule has 3 aromatic carbocycles. The van der Waals surface area contributed by atoms with Gasteiger partial charge in [-0.05, 0) is 66.4 Å². The van der Waals surface area contributed by atoms with E-state index in [1.54, 1.807) is 0 Å². The fourth-order valence-corrected chi connectivity index (χ4v) is 3.25. The van der Waals surface area contributed by atoms with Crippen molar-refractivity contribution in [2.75, 3.05) is 18.5 Å². The Morgan fingerprint density at radius 2 is 1.74 bits per heavy atom. The zero-order valence-electron chi connectivity index (χ0n) is 17.8. The molecule has 3 aromatic rings. The average molecular weight is 420 g/mol. The van der Waals surface area contributed by atoms with Gasteiger partial charge in [-0.1, -0.05) is 43.7 Å². The SMILES string of the molecule is CCCc1cc(Oc2ccccc2)ccc1OCCCNc1ccc(CC(=O)O)cc1. The van der Waals surface area contributed by atoms with Gasteiger partial charge in [0.05, 0.1) is 13.0 Å². The smallest absolute Gasteiger partial charge is 0.307 e. The molecule has 31 heavy (non-hydrogen) atoms. The number of carboxylic acid groups (broad SMARTS) is 1. The lowest BCUT2D eigenvalue weighted by Gasteiger charge is -2.14. The van der Waals surface area contributed by atoms with Gasteiger partial charge in [-0.15, -0.1) is 0 Å². The van der Waals surface area contributed by atoms with Crippen LogP contribution in [0.15, 0.2) is 72.8 Å². The summed E-state index contributed by atoms with van der Waals surface area (Å²) in [4.78, 5) is 10.7. The largest absolute Gasteiger partial charge is 0.493 e. The Labute approximate surface area is 183 Å². The van der Waals surface area contributed by atoms with Crippen LogP contribution in [0.5, 0.6) is 17.2 Å². The molecule has 0 saturated carbocycles. The number of benzene rings is 3. The van der Waals surface area contributed by atoms with E-state index in [1.165, 1.54) is 0 Å². The molecule has 5 nitrogen and oxygen atoms in total. The molecular formula is C26H29NO4. The quantitative estimate of drug-likeness (QED) is 0.356. The third kappa shape index (κ3) is 7.37. The van der Waals surface area contributed by atoms with E-state index in [2.05, 4.69) is 18.3 Å². The minimum atomic E-state index is -0.819. The lowest BCUT2D eigenvalue weighted by Crippen LogP contribution is -2.08. The molecule has 0 bridgehead atoms. The highest BCUT2D eigenvalue weighted by atomic mass is 16.5. The molecule has 0 spiro atoms. The van der Waals surface area contributed by atoms with Crippen LogP contribution < -0.4 is 14.8 Å². The molecule has 5 heteroatoms. The summed E-state index contributed by atoms with van der Waals surface area (Å²) in [5.74, 6) is 1.72. The summed E-state index contributed by atoms with van der Waals surface area (Å²) in [6, 6.07) is 23.2. The van der Waals surface area contributed by atoms with Crippen molar-refractivity contribution in [1.29, 1.82) is 0 Å². The van der Waals surface area contributed by atoms with Crippen LogP contribution in [-0.4, -0.2) is 24.2 Å². The molecule has 0 aromatic heterocycles. The summed E-state index contributed by atoms with van der Waals surface area (Å²) in [5, 5.41) is 12.2. The van der Waals surface area contributed by atoms with E-state index in [1.807, 2.05) is 66.7 Å². The molecule has 0 radical (unpaired) electrons. The maximum atomic E-state index is 10.7. The van der Waals surface area contributed by atoms with Gasteiger partial charge >= 0.3 is 5.97 Å². The van der Waals surface area contributed by atoms with Crippen LogP contribution in [0.25, 0.3) is 0 Å². The number of para-hydroxylation sites is 1. The van der Waals surface area contributed by atoms with Crippen molar-refractivity contribution in [3.63, 3.8) is 0 Å². The number of carboxylic acids is 1. The van der Waals surface area contributed by atoms with Crippen LogP contribution >= 0.6 is 0 Å². The molecule has 0 saturated heterocycles. The summed E-state index contributed by atoms with van der Waals surface area (Å²) in [5.41, 5.74) is 2.92. The Morgan fingerprint density at radius 3 is 2.45 bits per heavy atom. The van der Waals surface area contributed by atoms with Gasteiger partial charge < -0.3 is 19.9 Å². The molecule has 0 amide bonds. The zero-order valence-corrected chi connectivity index (χ0v) is 17.8. The molecule has 0 aliphatic heterocycles. The number of carbonyl (C=O) groups is 1. The number of ether oxygens (including phenoxy) is 2. The van der Waals surface area contributed by atoms with E-state index in [9.17, 15) is 4.79 Å². The molecule has 0 atom stereocenters. The minimum absolute atomic E-state index is 0.0450. The Morgan fingerprint density at radius 1 is 0.968 bits per heavy atom. The second kappa shape index (κ2) is 11.6. The van der Waals surface area contributed by atoms with E-state index in [0.29, 0.717) is 6.61 Å². The third-order valence-electron chi connectivity index (χ3n) is 4.75. The number of hydrogen-bond donors (Lipinski definition) is 2. The first-order valence-electron chi connectivity index (χ1n) is 10.7. The average Bonchev–Trinajstić information content (AvgIpc) is 2.76. The highest BCUT2D eigenvalue weighted by Gasteiger charge is 2.07. The fraction of sp³-hybridized carbons (Fsp3) is 0.269.